The van der Waals surface area contributed by atoms with E-state index in [1.807, 2.05) is 42.5 Å². The number of aromatic hydroxyl groups is 1. The van der Waals surface area contributed by atoms with E-state index in [0.717, 1.165) is 4.90 Å². The predicted octanol–water partition coefficient (Wildman–Crippen LogP) is 4.87. The lowest BCUT2D eigenvalue weighted by Gasteiger charge is -2.55. The molecule has 0 aromatic heterocycles. The van der Waals surface area contributed by atoms with Gasteiger partial charge in [-0.05, 0) is 65.7 Å². The third-order valence-electron chi connectivity index (χ3n) is 11.4. The fourth-order valence-electron chi connectivity index (χ4n) is 9.27. The van der Waals surface area contributed by atoms with Gasteiger partial charge in [0.05, 0.1) is 30.0 Å². The number of methoxy groups -OCH3 is 1. The van der Waals surface area contributed by atoms with Crippen LogP contribution in [0.3, 0.4) is 0 Å². The van der Waals surface area contributed by atoms with E-state index >= 15 is 9.59 Å². The monoisotopic (exact) mass is 757 g/mol. The Kier molecular flexibility index (Phi) is 8.40. The molecule has 1 aliphatic heterocycles. The summed E-state index contributed by atoms with van der Waals surface area (Å²) in [5.41, 5.74) is 1.33. The van der Waals surface area contributed by atoms with E-state index in [-0.39, 0.29) is 52.6 Å². The van der Waals surface area contributed by atoms with Gasteiger partial charge < -0.3 is 19.9 Å². The van der Waals surface area contributed by atoms with Crippen LogP contribution in [0.4, 0.5) is 5.69 Å². The first-order valence-electron chi connectivity index (χ1n) is 17.1. The molecule has 2 amide bonds. The zero-order valence-corrected chi connectivity index (χ0v) is 29.6. The summed E-state index contributed by atoms with van der Waals surface area (Å²) in [6.07, 6.45) is 3.63. The molecule has 0 radical (unpaired) electrons. The molecule has 260 valence electrons. The van der Waals surface area contributed by atoms with Crippen molar-refractivity contribution in [3.05, 3.63) is 136 Å². The number of fused-ring (bicyclic) bond motifs is 4. The van der Waals surface area contributed by atoms with Crippen molar-refractivity contribution in [1.29, 1.82) is 0 Å². The number of phenols is 1. The number of phenolic OH excluding ortho intramolecular Hbond substituents is 1. The number of nitrogens with zero attached hydrogens (tertiary/aromatic N) is 1. The van der Waals surface area contributed by atoms with Gasteiger partial charge in [-0.25, -0.2) is 0 Å². The number of amides is 2. The van der Waals surface area contributed by atoms with Crippen molar-refractivity contribution in [2.24, 2.45) is 23.7 Å². The predicted molar refractivity (Wildman–Crippen MR) is 198 cm³/mol. The molecule has 11 heteroatoms. The number of carbonyl (C=O) groups excluding carboxylic acids is 4. The molecule has 1 saturated heterocycles. The molecule has 4 aromatic rings. The molecule has 3 aliphatic carbocycles. The van der Waals surface area contributed by atoms with Crippen LogP contribution in [0.25, 0.3) is 5.57 Å². The molecule has 2 fully saturated rings. The molecular formula is C41H33BBrNO8. The zero-order valence-electron chi connectivity index (χ0n) is 28.0. The second-order valence-corrected chi connectivity index (χ2v) is 14.7. The van der Waals surface area contributed by atoms with Crippen LogP contribution < -0.4 is 15.1 Å². The Labute approximate surface area is 308 Å². The van der Waals surface area contributed by atoms with Crippen molar-refractivity contribution < 1.29 is 39.1 Å². The Morgan fingerprint density at radius 3 is 2.27 bits per heavy atom. The van der Waals surface area contributed by atoms with Crippen molar-refractivity contribution in [1.82, 2.24) is 0 Å². The van der Waals surface area contributed by atoms with Gasteiger partial charge in [-0.3, -0.25) is 24.1 Å². The maximum Gasteiger partial charge on any atom is 0.488 e. The number of ether oxygens (including phenoxy) is 1. The van der Waals surface area contributed by atoms with E-state index in [1.165, 1.54) is 25.3 Å². The van der Waals surface area contributed by atoms with Crippen LogP contribution in [0.2, 0.25) is 0 Å². The van der Waals surface area contributed by atoms with Crippen LogP contribution in [0, 0.1) is 23.7 Å². The van der Waals surface area contributed by atoms with Gasteiger partial charge in [0.1, 0.15) is 0 Å². The number of benzene rings is 4. The SMILES string of the molecule is COc1cc(Br)cc([C@H]2C3=CC[C@@H]4C(=O)N(c5cccc(B(O)O)c5)C(=O)[C@@H]4[C@@H]3C[C@H]3C(=O)C(c4ccccc4)=CC(=O)[C@@]23c2ccccc2)c1O. The molecule has 6 atom stereocenters. The zero-order chi connectivity index (χ0) is 36.5. The third-order valence-corrected chi connectivity index (χ3v) is 11.9. The smallest absolute Gasteiger partial charge is 0.488 e. The Morgan fingerprint density at radius 1 is 0.865 bits per heavy atom. The number of anilines is 1. The average Bonchev–Trinajstić information content (AvgIpc) is 3.42. The molecule has 4 aromatic carbocycles. The highest BCUT2D eigenvalue weighted by Gasteiger charge is 2.66. The van der Waals surface area contributed by atoms with Crippen molar-refractivity contribution in [3.63, 3.8) is 0 Å². The molecular weight excluding hydrogens is 725 g/mol. The van der Waals surface area contributed by atoms with Gasteiger partial charge in [0.25, 0.3) is 0 Å². The number of allylic oxidation sites excluding steroid dienone is 4. The van der Waals surface area contributed by atoms with Crippen LogP contribution in [-0.2, 0) is 24.6 Å². The summed E-state index contributed by atoms with van der Waals surface area (Å²) >= 11 is 3.57. The maximum absolute atomic E-state index is 15.2. The Morgan fingerprint density at radius 2 is 1.58 bits per heavy atom. The van der Waals surface area contributed by atoms with E-state index in [0.29, 0.717) is 26.7 Å². The number of hydrogen-bond acceptors (Lipinski definition) is 8. The van der Waals surface area contributed by atoms with Crippen molar-refractivity contribution in [2.45, 2.75) is 24.2 Å². The van der Waals surface area contributed by atoms with Crippen LogP contribution >= 0.6 is 15.9 Å². The van der Waals surface area contributed by atoms with Gasteiger partial charge in [0.2, 0.25) is 11.8 Å². The topological polar surface area (TPSA) is 141 Å². The van der Waals surface area contributed by atoms with Crippen molar-refractivity contribution in [2.75, 3.05) is 12.0 Å². The standard InChI is InChI=1S/C41H33BBrNO8/c1-52-33-19-25(43)18-31(38(33)47)36-27-15-16-28-35(40(49)44(39(28)48)26-14-8-13-24(17-26)42(50)51)30(27)20-32-37(46)29(22-9-4-2-5-10-22)21-34(45)41(32,36)23-11-6-3-7-12-23/h2-15,17-19,21,28,30,32,35-36,47,50-51H,16,20H2,1H3/t28-,30+,32-,35-,36+,41-/m0/s1. The lowest BCUT2D eigenvalue weighted by molar-refractivity contribution is -0.135. The minimum absolute atomic E-state index is 0.0985. The van der Waals surface area contributed by atoms with Crippen LogP contribution in [0.1, 0.15) is 35.4 Å². The van der Waals surface area contributed by atoms with Gasteiger partial charge in [-0.2, -0.15) is 0 Å². The number of ketones is 2. The Bertz CT molecular complexity index is 2220. The number of carbonyl (C=O) groups is 4. The van der Waals surface area contributed by atoms with Gasteiger partial charge in [0, 0.05) is 27.4 Å². The van der Waals surface area contributed by atoms with Gasteiger partial charge in [-0.1, -0.05) is 100 Å². The second-order valence-electron chi connectivity index (χ2n) is 13.8. The number of rotatable bonds is 6. The maximum atomic E-state index is 15.2. The minimum atomic E-state index is -1.80. The molecule has 3 N–H and O–H groups in total. The second kappa shape index (κ2) is 12.8. The summed E-state index contributed by atoms with van der Waals surface area (Å²) in [6, 6.07) is 27.5. The quantitative estimate of drug-likeness (QED) is 0.144. The molecule has 8 rings (SSSR count). The van der Waals surface area contributed by atoms with E-state index in [2.05, 4.69) is 15.9 Å². The van der Waals surface area contributed by atoms with Gasteiger partial charge in [-0.15, -0.1) is 0 Å². The summed E-state index contributed by atoms with van der Waals surface area (Å²) < 4.78 is 6.15. The highest BCUT2D eigenvalue weighted by Crippen LogP contribution is 2.65. The molecule has 0 spiro atoms. The normalized spacial score (nSPS) is 26.6. The summed E-state index contributed by atoms with van der Waals surface area (Å²) in [7, 11) is -0.369. The first kappa shape index (κ1) is 34.0. The fraction of sp³-hybridized carbons (Fsp3) is 0.220. The van der Waals surface area contributed by atoms with E-state index in [1.54, 1.807) is 48.5 Å². The van der Waals surface area contributed by atoms with E-state index in [4.69, 9.17) is 4.74 Å². The summed E-state index contributed by atoms with van der Waals surface area (Å²) in [5.74, 6) is -5.68. The van der Waals surface area contributed by atoms with Crippen LogP contribution in [0.15, 0.2) is 119 Å². The summed E-state index contributed by atoms with van der Waals surface area (Å²) in [6.45, 7) is 0. The number of imide groups is 1. The van der Waals surface area contributed by atoms with E-state index in [9.17, 15) is 24.7 Å². The van der Waals surface area contributed by atoms with Crippen LogP contribution in [-0.4, -0.2) is 52.8 Å². The Hall–Kier alpha value is -5.10. The summed E-state index contributed by atoms with van der Waals surface area (Å²) in [4.78, 5) is 60.1. The van der Waals surface area contributed by atoms with Crippen LogP contribution in [0.5, 0.6) is 11.5 Å². The van der Waals surface area contributed by atoms with Crippen molar-refractivity contribution >= 4 is 63.2 Å². The fourth-order valence-corrected chi connectivity index (χ4v) is 9.72. The number of halogens is 1. The first-order valence-corrected chi connectivity index (χ1v) is 17.9. The van der Waals surface area contributed by atoms with Gasteiger partial charge >= 0.3 is 7.12 Å². The molecule has 9 nitrogen and oxygen atoms in total. The number of hydrogen-bond donors (Lipinski definition) is 3. The molecule has 0 unspecified atom stereocenters. The minimum Gasteiger partial charge on any atom is -0.504 e. The Balaban J connectivity index is 1.37. The molecule has 52 heavy (non-hydrogen) atoms. The van der Waals surface area contributed by atoms with E-state index < -0.39 is 53.9 Å². The highest BCUT2D eigenvalue weighted by atomic mass is 79.9. The lowest BCUT2D eigenvalue weighted by Crippen LogP contribution is -2.58. The summed E-state index contributed by atoms with van der Waals surface area (Å²) in [5, 5.41) is 31.6. The number of Topliss-reactive ketones (excluding diaryl/α,β-unsaturated/α-hetero) is 1. The van der Waals surface area contributed by atoms with Crippen molar-refractivity contribution in [3.8, 4) is 11.5 Å². The molecule has 4 aliphatic rings. The third kappa shape index (κ3) is 4.98. The largest absolute Gasteiger partial charge is 0.504 e. The lowest BCUT2D eigenvalue weighted by atomic mass is 9.44. The molecule has 1 heterocycles. The first-order chi connectivity index (χ1) is 25.1. The molecule has 1 saturated carbocycles. The molecule has 0 bridgehead atoms. The average molecular weight is 758 g/mol. The highest BCUT2D eigenvalue weighted by molar-refractivity contribution is 9.10. The van der Waals surface area contributed by atoms with Gasteiger partial charge in [0.15, 0.2) is 23.1 Å².